The standard InChI is InChI=1S/C15H22F2N2O/c1-15(2,3)8-12(18)9-19-14(20)6-10-4-5-11(16)7-13(10)17/h4-5,7,12H,6,8-9,18H2,1-3H3,(H,19,20). The monoisotopic (exact) mass is 284 g/mol. The van der Waals surface area contributed by atoms with Crippen molar-refractivity contribution in [1.82, 2.24) is 5.32 Å². The summed E-state index contributed by atoms with van der Waals surface area (Å²) in [4.78, 5) is 11.7. The second-order valence-electron chi connectivity index (χ2n) is 6.24. The molecule has 1 aromatic carbocycles. The van der Waals surface area contributed by atoms with Crippen molar-refractivity contribution in [2.24, 2.45) is 11.1 Å². The Labute approximate surface area is 118 Å². The fourth-order valence-corrected chi connectivity index (χ4v) is 2.00. The maximum Gasteiger partial charge on any atom is 0.224 e. The lowest BCUT2D eigenvalue weighted by molar-refractivity contribution is -0.120. The van der Waals surface area contributed by atoms with Crippen molar-refractivity contribution in [1.29, 1.82) is 0 Å². The van der Waals surface area contributed by atoms with Crippen LogP contribution in [-0.2, 0) is 11.2 Å². The van der Waals surface area contributed by atoms with Crippen LogP contribution >= 0.6 is 0 Å². The van der Waals surface area contributed by atoms with Crippen LogP contribution in [0.4, 0.5) is 8.78 Å². The van der Waals surface area contributed by atoms with Crippen LogP contribution < -0.4 is 11.1 Å². The summed E-state index contributed by atoms with van der Waals surface area (Å²) < 4.78 is 26.1. The van der Waals surface area contributed by atoms with Gasteiger partial charge in [0.25, 0.3) is 0 Å². The number of benzene rings is 1. The van der Waals surface area contributed by atoms with Gasteiger partial charge in [-0.15, -0.1) is 0 Å². The van der Waals surface area contributed by atoms with Crippen LogP contribution in [0, 0.1) is 17.0 Å². The molecule has 112 valence electrons. The molecule has 3 N–H and O–H groups in total. The Balaban J connectivity index is 2.44. The lowest BCUT2D eigenvalue weighted by Gasteiger charge is -2.23. The molecule has 0 aliphatic heterocycles. The largest absolute Gasteiger partial charge is 0.354 e. The lowest BCUT2D eigenvalue weighted by atomic mass is 9.88. The minimum atomic E-state index is -0.709. The number of hydrogen-bond acceptors (Lipinski definition) is 2. The molecular weight excluding hydrogens is 262 g/mol. The van der Waals surface area contributed by atoms with Crippen LogP contribution in [-0.4, -0.2) is 18.5 Å². The minimum Gasteiger partial charge on any atom is -0.354 e. The van der Waals surface area contributed by atoms with Crippen molar-refractivity contribution in [3.8, 4) is 0 Å². The van der Waals surface area contributed by atoms with Crippen molar-refractivity contribution < 1.29 is 13.6 Å². The molecule has 0 aliphatic rings. The highest BCUT2D eigenvalue weighted by Gasteiger charge is 2.16. The van der Waals surface area contributed by atoms with E-state index in [9.17, 15) is 13.6 Å². The van der Waals surface area contributed by atoms with E-state index in [0.717, 1.165) is 18.6 Å². The SMILES string of the molecule is CC(C)(C)CC(N)CNC(=O)Cc1ccc(F)cc1F. The van der Waals surface area contributed by atoms with Gasteiger partial charge in [0.1, 0.15) is 11.6 Å². The summed E-state index contributed by atoms with van der Waals surface area (Å²) in [6, 6.07) is 3.04. The van der Waals surface area contributed by atoms with Gasteiger partial charge >= 0.3 is 0 Å². The van der Waals surface area contributed by atoms with Gasteiger partial charge in [0.15, 0.2) is 0 Å². The van der Waals surface area contributed by atoms with Crippen LogP contribution in [0.15, 0.2) is 18.2 Å². The first-order chi connectivity index (χ1) is 9.17. The first-order valence-corrected chi connectivity index (χ1v) is 6.63. The third kappa shape index (κ3) is 6.10. The van der Waals surface area contributed by atoms with E-state index in [0.29, 0.717) is 6.54 Å². The highest BCUT2D eigenvalue weighted by molar-refractivity contribution is 5.78. The molecule has 1 aromatic rings. The maximum atomic E-state index is 13.4. The highest BCUT2D eigenvalue weighted by atomic mass is 19.1. The van der Waals surface area contributed by atoms with E-state index in [-0.39, 0.29) is 29.3 Å². The number of nitrogens with one attached hydrogen (secondary N) is 1. The van der Waals surface area contributed by atoms with E-state index in [1.54, 1.807) is 0 Å². The van der Waals surface area contributed by atoms with Crippen molar-refractivity contribution in [2.45, 2.75) is 39.7 Å². The molecular formula is C15H22F2N2O. The molecule has 20 heavy (non-hydrogen) atoms. The predicted octanol–water partition coefficient (Wildman–Crippen LogP) is 2.39. The third-order valence-electron chi connectivity index (χ3n) is 2.80. The summed E-state index contributed by atoms with van der Waals surface area (Å²) in [5.74, 6) is -1.68. The number of rotatable bonds is 5. The first kappa shape index (κ1) is 16.6. The molecule has 3 nitrogen and oxygen atoms in total. The summed E-state index contributed by atoms with van der Waals surface area (Å²) in [5.41, 5.74) is 6.18. The average Bonchev–Trinajstić information content (AvgIpc) is 2.28. The number of nitrogens with two attached hydrogens (primary N) is 1. The van der Waals surface area contributed by atoms with Crippen LogP contribution in [0.25, 0.3) is 0 Å². The topological polar surface area (TPSA) is 55.1 Å². The van der Waals surface area contributed by atoms with E-state index in [2.05, 4.69) is 26.1 Å². The normalized spacial score (nSPS) is 13.1. The molecule has 0 bridgehead atoms. The maximum absolute atomic E-state index is 13.4. The van der Waals surface area contributed by atoms with Crippen molar-refractivity contribution in [2.75, 3.05) is 6.54 Å². The van der Waals surface area contributed by atoms with Gasteiger partial charge in [0, 0.05) is 18.7 Å². The fourth-order valence-electron chi connectivity index (χ4n) is 2.00. The van der Waals surface area contributed by atoms with Gasteiger partial charge in [0.2, 0.25) is 5.91 Å². The van der Waals surface area contributed by atoms with E-state index in [1.807, 2.05) is 0 Å². The van der Waals surface area contributed by atoms with E-state index < -0.39 is 11.6 Å². The Bertz CT molecular complexity index is 469. The second-order valence-corrected chi connectivity index (χ2v) is 6.24. The quantitative estimate of drug-likeness (QED) is 0.872. The Hall–Kier alpha value is -1.49. The van der Waals surface area contributed by atoms with Gasteiger partial charge in [-0.1, -0.05) is 26.8 Å². The van der Waals surface area contributed by atoms with Gasteiger partial charge in [-0.25, -0.2) is 8.78 Å². The minimum absolute atomic E-state index is 0.0905. The van der Waals surface area contributed by atoms with Crippen LogP contribution in [0.2, 0.25) is 0 Å². The number of halogens is 2. The summed E-state index contributed by atoms with van der Waals surface area (Å²) in [6.45, 7) is 6.56. The number of carbonyl (C=O) groups is 1. The van der Waals surface area contributed by atoms with Crippen molar-refractivity contribution in [3.63, 3.8) is 0 Å². The summed E-state index contributed by atoms with van der Waals surface area (Å²) >= 11 is 0. The number of amides is 1. The Morgan fingerprint density at radius 2 is 2.00 bits per heavy atom. The molecule has 1 unspecified atom stereocenters. The van der Waals surface area contributed by atoms with Crippen LogP contribution in [0.5, 0.6) is 0 Å². The van der Waals surface area contributed by atoms with Gasteiger partial charge in [-0.05, 0) is 23.5 Å². The van der Waals surface area contributed by atoms with Gasteiger partial charge in [0.05, 0.1) is 6.42 Å². The molecule has 0 fully saturated rings. The van der Waals surface area contributed by atoms with Gasteiger partial charge in [-0.3, -0.25) is 4.79 Å². The molecule has 1 atom stereocenters. The molecule has 0 aliphatic carbocycles. The Morgan fingerprint density at radius 1 is 1.35 bits per heavy atom. The molecule has 1 amide bonds. The fraction of sp³-hybridized carbons (Fsp3) is 0.533. The highest BCUT2D eigenvalue weighted by Crippen LogP contribution is 2.19. The molecule has 5 heteroatoms. The first-order valence-electron chi connectivity index (χ1n) is 6.63. The van der Waals surface area contributed by atoms with E-state index in [4.69, 9.17) is 5.73 Å². The van der Waals surface area contributed by atoms with E-state index >= 15 is 0 Å². The van der Waals surface area contributed by atoms with Crippen LogP contribution in [0.3, 0.4) is 0 Å². The second kappa shape index (κ2) is 6.79. The zero-order valence-corrected chi connectivity index (χ0v) is 12.2. The zero-order valence-electron chi connectivity index (χ0n) is 12.2. The zero-order chi connectivity index (χ0) is 15.3. The molecule has 1 rings (SSSR count). The summed E-state index contributed by atoms with van der Waals surface area (Å²) in [5, 5.41) is 2.67. The van der Waals surface area contributed by atoms with Gasteiger partial charge < -0.3 is 11.1 Å². The third-order valence-corrected chi connectivity index (χ3v) is 2.80. The van der Waals surface area contributed by atoms with Crippen molar-refractivity contribution in [3.05, 3.63) is 35.4 Å². The van der Waals surface area contributed by atoms with Gasteiger partial charge in [-0.2, -0.15) is 0 Å². The molecule has 0 radical (unpaired) electrons. The van der Waals surface area contributed by atoms with E-state index in [1.165, 1.54) is 6.07 Å². The average molecular weight is 284 g/mol. The smallest absolute Gasteiger partial charge is 0.224 e. The number of carbonyl (C=O) groups excluding carboxylic acids is 1. The van der Waals surface area contributed by atoms with Crippen LogP contribution in [0.1, 0.15) is 32.8 Å². The predicted molar refractivity (Wildman–Crippen MR) is 75.1 cm³/mol. The Morgan fingerprint density at radius 3 is 2.55 bits per heavy atom. The summed E-state index contributed by atoms with van der Waals surface area (Å²) in [7, 11) is 0. The molecule has 0 heterocycles. The molecule has 0 saturated heterocycles. The summed E-state index contributed by atoms with van der Waals surface area (Å²) in [6.07, 6.45) is 0.659. The van der Waals surface area contributed by atoms with Crippen molar-refractivity contribution >= 4 is 5.91 Å². The lowest BCUT2D eigenvalue weighted by Crippen LogP contribution is -2.40. The number of hydrogen-bond donors (Lipinski definition) is 2. The Kier molecular flexibility index (Phi) is 5.62. The molecule has 0 spiro atoms. The molecule has 0 aromatic heterocycles. The molecule has 0 saturated carbocycles.